The van der Waals surface area contributed by atoms with Gasteiger partial charge in [0.25, 0.3) is 0 Å². The standard InChI is InChI=1S/C19H30FN5O.HI/c1-21-18(23-14-17-16(20)6-5-9-22-17)24-15-19(7-3-2-4-8-19)25-10-12-26-13-11-25;/h5-6,9H,2-4,7-8,10-15H2,1H3,(H2,21,23,24);1H. The molecule has 2 N–H and O–H groups in total. The van der Waals surface area contributed by atoms with Gasteiger partial charge in [0.15, 0.2) is 5.96 Å². The highest BCUT2D eigenvalue weighted by Crippen LogP contribution is 2.33. The lowest BCUT2D eigenvalue weighted by Gasteiger charge is -2.48. The van der Waals surface area contributed by atoms with E-state index in [1.54, 1.807) is 19.3 Å². The number of halogens is 2. The Morgan fingerprint density at radius 3 is 2.67 bits per heavy atom. The van der Waals surface area contributed by atoms with Crippen LogP contribution < -0.4 is 10.6 Å². The number of hydrogen-bond donors (Lipinski definition) is 2. The van der Waals surface area contributed by atoms with Gasteiger partial charge < -0.3 is 15.4 Å². The summed E-state index contributed by atoms with van der Waals surface area (Å²) in [6.07, 6.45) is 7.86. The Kier molecular flexibility index (Phi) is 9.17. The first-order valence-electron chi connectivity index (χ1n) is 9.60. The molecule has 1 aliphatic carbocycles. The molecule has 8 heteroatoms. The highest BCUT2D eigenvalue weighted by atomic mass is 127. The lowest BCUT2D eigenvalue weighted by molar-refractivity contribution is -0.0352. The van der Waals surface area contributed by atoms with Crippen LogP contribution in [0.15, 0.2) is 23.3 Å². The summed E-state index contributed by atoms with van der Waals surface area (Å²) >= 11 is 0. The van der Waals surface area contributed by atoms with Gasteiger partial charge in [-0.15, -0.1) is 24.0 Å². The average Bonchev–Trinajstić information content (AvgIpc) is 2.71. The zero-order valence-electron chi connectivity index (χ0n) is 16.0. The van der Waals surface area contributed by atoms with Crippen molar-refractivity contribution in [1.82, 2.24) is 20.5 Å². The Labute approximate surface area is 178 Å². The first kappa shape index (κ1) is 22.3. The molecule has 3 rings (SSSR count). The number of hydrogen-bond acceptors (Lipinski definition) is 4. The molecular weight excluding hydrogens is 460 g/mol. The summed E-state index contributed by atoms with van der Waals surface area (Å²) in [5.41, 5.74) is 0.562. The zero-order chi connectivity index (χ0) is 18.2. The van der Waals surface area contributed by atoms with E-state index in [9.17, 15) is 4.39 Å². The molecule has 27 heavy (non-hydrogen) atoms. The molecule has 1 aromatic rings. The second-order valence-electron chi connectivity index (χ2n) is 7.10. The van der Waals surface area contributed by atoms with Crippen LogP contribution in [0.3, 0.4) is 0 Å². The number of aromatic nitrogens is 1. The molecule has 152 valence electrons. The van der Waals surface area contributed by atoms with Crippen molar-refractivity contribution >= 4 is 29.9 Å². The van der Waals surface area contributed by atoms with Crippen LogP contribution in [-0.4, -0.2) is 61.3 Å². The van der Waals surface area contributed by atoms with Gasteiger partial charge >= 0.3 is 0 Å². The minimum atomic E-state index is -0.299. The second kappa shape index (κ2) is 11.1. The van der Waals surface area contributed by atoms with Crippen molar-refractivity contribution in [2.24, 2.45) is 4.99 Å². The third kappa shape index (κ3) is 5.99. The number of guanidine groups is 1. The Bertz CT molecular complexity index is 604. The maximum Gasteiger partial charge on any atom is 0.191 e. The summed E-state index contributed by atoms with van der Waals surface area (Å²) in [5, 5.41) is 6.65. The van der Waals surface area contributed by atoms with Gasteiger partial charge in [0.1, 0.15) is 5.82 Å². The van der Waals surface area contributed by atoms with Crippen LogP contribution >= 0.6 is 24.0 Å². The van der Waals surface area contributed by atoms with Crippen molar-refractivity contribution in [3.05, 3.63) is 29.8 Å². The zero-order valence-corrected chi connectivity index (χ0v) is 18.4. The Balaban J connectivity index is 0.00000261. The number of pyridine rings is 1. The van der Waals surface area contributed by atoms with E-state index in [1.165, 1.54) is 38.2 Å². The largest absolute Gasteiger partial charge is 0.379 e. The minimum absolute atomic E-state index is 0. The maximum absolute atomic E-state index is 13.7. The summed E-state index contributed by atoms with van der Waals surface area (Å²) in [4.78, 5) is 11.0. The van der Waals surface area contributed by atoms with Gasteiger partial charge in [-0.05, 0) is 25.0 Å². The lowest BCUT2D eigenvalue weighted by atomic mass is 9.80. The topological polar surface area (TPSA) is 61.8 Å². The number of rotatable bonds is 5. The van der Waals surface area contributed by atoms with E-state index in [2.05, 4.69) is 25.5 Å². The van der Waals surface area contributed by atoms with E-state index in [1.807, 2.05) is 0 Å². The molecule has 0 unspecified atom stereocenters. The maximum atomic E-state index is 13.7. The van der Waals surface area contributed by atoms with Gasteiger partial charge in [-0.2, -0.15) is 0 Å². The fraction of sp³-hybridized carbons (Fsp3) is 0.684. The predicted octanol–water partition coefficient (Wildman–Crippen LogP) is 2.54. The molecule has 0 radical (unpaired) electrons. The number of nitrogens with one attached hydrogen (secondary N) is 2. The van der Waals surface area contributed by atoms with Crippen LogP contribution in [0, 0.1) is 5.82 Å². The quantitative estimate of drug-likeness (QED) is 0.377. The molecule has 2 aliphatic rings. The monoisotopic (exact) mass is 491 g/mol. The third-order valence-corrected chi connectivity index (χ3v) is 5.53. The first-order valence-corrected chi connectivity index (χ1v) is 9.60. The summed E-state index contributed by atoms with van der Waals surface area (Å²) in [6, 6.07) is 3.02. The first-order chi connectivity index (χ1) is 12.7. The van der Waals surface area contributed by atoms with Gasteiger partial charge in [-0.3, -0.25) is 14.9 Å². The fourth-order valence-electron chi connectivity index (χ4n) is 4.04. The van der Waals surface area contributed by atoms with Crippen LogP contribution in [0.2, 0.25) is 0 Å². The molecule has 0 amide bonds. The number of aliphatic imine (C=N–C) groups is 1. The van der Waals surface area contributed by atoms with Crippen molar-refractivity contribution in [3.63, 3.8) is 0 Å². The highest BCUT2D eigenvalue weighted by molar-refractivity contribution is 14.0. The van der Waals surface area contributed by atoms with Crippen molar-refractivity contribution in [2.45, 2.75) is 44.2 Å². The molecule has 1 aliphatic heterocycles. The van der Waals surface area contributed by atoms with Crippen molar-refractivity contribution in [1.29, 1.82) is 0 Å². The van der Waals surface area contributed by atoms with Crippen LogP contribution in [0.5, 0.6) is 0 Å². The van der Waals surface area contributed by atoms with Crippen molar-refractivity contribution in [2.75, 3.05) is 39.9 Å². The third-order valence-electron chi connectivity index (χ3n) is 5.53. The molecule has 0 spiro atoms. The molecule has 0 bridgehead atoms. The molecule has 2 fully saturated rings. The predicted molar refractivity (Wildman–Crippen MR) is 116 cm³/mol. The summed E-state index contributed by atoms with van der Waals surface area (Å²) in [7, 11) is 1.74. The molecule has 6 nitrogen and oxygen atoms in total. The van der Waals surface area contributed by atoms with Gasteiger partial charge in [0.2, 0.25) is 0 Å². The Hall–Kier alpha value is -1.00. The van der Waals surface area contributed by atoms with Crippen LogP contribution in [0.25, 0.3) is 0 Å². The Morgan fingerprint density at radius 1 is 1.26 bits per heavy atom. The SMILES string of the molecule is CN=C(NCc1ncccc1F)NCC1(N2CCOCC2)CCCCC1.I. The van der Waals surface area contributed by atoms with E-state index in [-0.39, 0.29) is 35.3 Å². The van der Waals surface area contributed by atoms with E-state index >= 15 is 0 Å². The lowest BCUT2D eigenvalue weighted by Crippen LogP contribution is -2.60. The summed E-state index contributed by atoms with van der Waals surface area (Å²) in [6.45, 7) is 4.77. The van der Waals surface area contributed by atoms with Gasteiger partial charge in [-0.25, -0.2) is 4.39 Å². The highest BCUT2D eigenvalue weighted by Gasteiger charge is 2.38. The molecule has 0 aromatic carbocycles. The number of ether oxygens (including phenoxy) is 1. The molecule has 1 saturated heterocycles. The molecule has 1 aromatic heterocycles. The molecule has 2 heterocycles. The molecular formula is C19H31FIN5O. The van der Waals surface area contributed by atoms with Gasteiger partial charge in [0, 0.05) is 38.4 Å². The normalized spacial score (nSPS) is 20.6. The number of morpholine rings is 1. The van der Waals surface area contributed by atoms with Crippen LogP contribution in [0.4, 0.5) is 4.39 Å². The van der Waals surface area contributed by atoms with Crippen LogP contribution in [-0.2, 0) is 11.3 Å². The molecule has 1 saturated carbocycles. The van der Waals surface area contributed by atoms with Gasteiger partial charge in [-0.1, -0.05) is 19.3 Å². The average molecular weight is 491 g/mol. The summed E-state index contributed by atoms with van der Waals surface area (Å²) in [5.74, 6) is 0.390. The van der Waals surface area contributed by atoms with Crippen LogP contribution in [0.1, 0.15) is 37.8 Å². The van der Waals surface area contributed by atoms with E-state index in [4.69, 9.17) is 4.74 Å². The van der Waals surface area contributed by atoms with Crippen molar-refractivity contribution < 1.29 is 9.13 Å². The Morgan fingerprint density at radius 2 is 2.00 bits per heavy atom. The molecule has 0 atom stereocenters. The summed E-state index contributed by atoms with van der Waals surface area (Å²) < 4.78 is 19.3. The fourth-order valence-corrected chi connectivity index (χ4v) is 4.04. The van der Waals surface area contributed by atoms with Gasteiger partial charge in [0.05, 0.1) is 25.5 Å². The minimum Gasteiger partial charge on any atom is -0.379 e. The van der Waals surface area contributed by atoms with E-state index in [0.29, 0.717) is 18.2 Å². The second-order valence-corrected chi connectivity index (χ2v) is 7.10. The van der Waals surface area contributed by atoms with Crippen molar-refractivity contribution in [3.8, 4) is 0 Å². The van der Waals surface area contributed by atoms with E-state index in [0.717, 1.165) is 32.8 Å². The smallest absolute Gasteiger partial charge is 0.191 e. The number of nitrogens with zero attached hydrogens (tertiary/aromatic N) is 3. The van der Waals surface area contributed by atoms with E-state index < -0.39 is 0 Å².